The molecular weight excluding hydrogens is 237 g/mol. The summed E-state index contributed by atoms with van der Waals surface area (Å²) in [6.45, 7) is 0. The molecule has 0 aliphatic carbocycles. The van der Waals surface area contributed by atoms with Crippen molar-refractivity contribution in [2.75, 3.05) is 14.2 Å². The van der Waals surface area contributed by atoms with E-state index in [4.69, 9.17) is 33.8 Å². The summed E-state index contributed by atoms with van der Waals surface area (Å²) in [4.78, 5) is 0. The van der Waals surface area contributed by atoms with Crippen molar-refractivity contribution in [1.29, 1.82) is 0 Å². The van der Waals surface area contributed by atoms with Gasteiger partial charge in [-0.3, -0.25) is 5.84 Å². The number of hydrogen-bond donors (Lipinski definition) is 3. The lowest BCUT2D eigenvalue weighted by Gasteiger charge is -2.17. The van der Waals surface area contributed by atoms with Crippen molar-refractivity contribution >= 4 is 23.2 Å². The first kappa shape index (κ1) is 12.5. The minimum absolute atomic E-state index is 0.249. The average Bonchev–Trinajstić information content (AvgIpc) is 2.24. The van der Waals surface area contributed by atoms with Crippen LogP contribution in [0.15, 0.2) is 12.1 Å². The first-order valence-electron chi connectivity index (χ1n) is 4.30. The molecule has 1 atom stereocenters. The summed E-state index contributed by atoms with van der Waals surface area (Å²) in [5.41, 5.74) is 3.35. The van der Waals surface area contributed by atoms with E-state index >= 15 is 0 Å². The molecule has 4 nitrogen and oxygen atoms in total. The highest BCUT2D eigenvalue weighted by atomic mass is 35.5. The van der Waals surface area contributed by atoms with Crippen LogP contribution in [0.25, 0.3) is 0 Å². The first-order chi connectivity index (χ1) is 7.13. The molecule has 0 spiro atoms. The Kier molecular flexibility index (Phi) is 4.63. The number of nitrogens with one attached hydrogen (secondary N) is 2. The summed E-state index contributed by atoms with van der Waals surface area (Å²) in [6, 6.07) is 3.37. The van der Waals surface area contributed by atoms with Gasteiger partial charge in [0.2, 0.25) is 0 Å². The van der Waals surface area contributed by atoms with Crippen LogP contribution >= 0.6 is 23.2 Å². The van der Waals surface area contributed by atoms with Crippen LogP contribution in [-0.4, -0.2) is 14.2 Å². The Morgan fingerprint density at radius 3 is 2.47 bits per heavy atom. The van der Waals surface area contributed by atoms with E-state index in [0.29, 0.717) is 15.8 Å². The number of hydrazine groups is 1. The molecule has 0 bridgehead atoms. The highest BCUT2D eigenvalue weighted by molar-refractivity contribution is 6.34. The average molecular weight is 250 g/mol. The molecule has 1 unspecified atom stereocenters. The molecule has 15 heavy (non-hydrogen) atoms. The lowest BCUT2D eigenvalue weighted by molar-refractivity contribution is 0.414. The Morgan fingerprint density at radius 2 is 2.00 bits per heavy atom. The maximum absolute atomic E-state index is 6.06. The number of rotatable bonds is 4. The van der Waals surface area contributed by atoms with Gasteiger partial charge >= 0.3 is 0 Å². The topological polar surface area (TPSA) is 59.3 Å². The molecule has 0 saturated heterocycles. The molecule has 4 N–H and O–H groups in total. The van der Waals surface area contributed by atoms with Gasteiger partial charge in [-0.15, -0.1) is 0 Å². The number of methoxy groups -OCH3 is 1. The van der Waals surface area contributed by atoms with Gasteiger partial charge in [-0.2, -0.15) is 0 Å². The molecule has 6 heteroatoms. The van der Waals surface area contributed by atoms with E-state index in [-0.39, 0.29) is 6.17 Å². The van der Waals surface area contributed by atoms with Crippen molar-refractivity contribution in [1.82, 2.24) is 10.7 Å². The second kappa shape index (κ2) is 5.53. The predicted molar refractivity (Wildman–Crippen MR) is 62.1 cm³/mol. The van der Waals surface area contributed by atoms with Crippen LogP contribution in [0.1, 0.15) is 11.7 Å². The molecule has 1 rings (SSSR count). The number of ether oxygens (including phenoxy) is 1. The van der Waals surface area contributed by atoms with E-state index in [9.17, 15) is 0 Å². The third-order valence-corrected chi connectivity index (χ3v) is 2.66. The zero-order chi connectivity index (χ0) is 11.4. The molecule has 0 heterocycles. The zero-order valence-corrected chi connectivity index (χ0v) is 9.99. The zero-order valence-electron chi connectivity index (χ0n) is 8.47. The number of nitrogens with two attached hydrogens (primary N) is 1. The van der Waals surface area contributed by atoms with Gasteiger partial charge < -0.3 is 10.1 Å². The lowest BCUT2D eigenvalue weighted by atomic mass is 10.1. The van der Waals surface area contributed by atoms with Crippen LogP contribution < -0.4 is 21.3 Å². The maximum atomic E-state index is 6.06. The summed E-state index contributed by atoms with van der Waals surface area (Å²) in [5, 5.41) is 3.98. The maximum Gasteiger partial charge on any atom is 0.138 e. The van der Waals surface area contributed by atoms with Gasteiger partial charge in [-0.25, -0.2) is 5.43 Å². The van der Waals surface area contributed by atoms with E-state index in [1.807, 2.05) is 0 Å². The summed E-state index contributed by atoms with van der Waals surface area (Å²) < 4.78 is 5.04. The van der Waals surface area contributed by atoms with E-state index in [1.54, 1.807) is 19.2 Å². The van der Waals surface area contributed by atoms with Gasteiger partial charge in [0.15, 0.2) is 0 Å². The van der Waals surface area contributed by atoms with Crippen LogP contribution in [0.3, 0.4) is 0 Å². The largest absolute Gasteiger partial charge is 0.495 e. The monoisotopic (exact) mass is 249 g/mol. The number of hydrogen-bond acceptors (Lipinski definition) is 4. The summed E-state index contributed by atoms with van der Waals surface area (Å²) >= 11 is 12.0. The van der Waals surface area contributed by atoms with Crippen molar-refractivity contribution in [3.63, 3.8) is 0 Å². The van der Waals surface area contributed by atoms with Gasteiger partial charge in [0, 0.05) is 11.6 Å². The highest BCUT2D eigenvalue weighted by Gasteiger charge is 2.14. The van der Waals surface area contributed by atoms with E-state index < -0.39 is 0 Å². The number of halogens is 2. The quantitative estimate of drug-likeness (QED) is 0.432. The van der Waals surface area contributed by atoms with Crippen LogP contribution in [-0.2, 0) is 0 Å². The molecule has 0 amide bonds. The fraction of sp³-hybridized carbons (Fsp3) is 0.333. The third-order valence-electron chi connectivity index (χ3n) is 2.04. The van der Waals surface area contributed by atoms with Crippen LogP contribution in [0.2, 0.25) is 10.0 Å². The van der Waals surface area contributed by atoms with Crippen molar-refractivity contribution in [3.8, 4) is 5.75 Å². The van der Waals surface area contributed by atoms with Crippen LogP contribution in [0.5, 0.6) is 5.75 Å². The second-order valence-electron chi connectivity index (χ2n) is 2.90. The van der Waals surface area contributed by atoms with E-state index in [0.717, 1.165) is 5.56 Å². The van der Waals surface area contributed by atoms with Crippen LogP contribution in [0.4, 0.5) is 0 Å². The van der Waals surface area contributed by atoms with Gasteiger partial charge in [0.05, 0.1) is 23.3 Å². The Balaban J connectivity index is 3.14. The standard InChI is InChI=1S/C9H13Cl2N3O/c1-13-9(14-12)5-3-7(11)8(15-2)4-6(5)10/h3-4,9,13-14H,12H2,1-2H3. The molecule has 0 saturated carbocycles. The minimum Gasteiger partial charge on any atom is -0.495 e. The van der Waals surface area contributed by atoms with Crippen molar-refractivity contribution in [2.24, 2.45) is 5.84 Å². The van der Waals surface area contributed by atoms with Crippen molar-refractivity contribution in [2.45, 2.75) is 6.17 Å². The van der Waals surface area contributed by atoms with Gasteiger partial charge in [0.1, 0.15) is 5.75 Å². The predicted octanol–water partition coefficient (Wildman–Crippen LogP) is 1.68. The van der Waals surface area contributed by atoms with Gasteiger partial charge in [-0.1, -0.05) is 23.2 Å². The lowest BCUT2D eigenvalue weighted by Crippen LogP contribution is -2.36. The molecule has 0 aliphatic heterocycles. The molecule has 0 radical (unpaired) electrons. The molecule has 84 valence electrons. The molecule has 0 aromatic heterocycles. The summed E-state index contributed by atoms with van der Waals surface area (Å²) in [5.74, 6) is 5.90. The number of benzene rings is 1. The van der Waals surface area contributed by atoms with Crippen molar-refractivity contribution < 1.29 is 4.74 Å². The minimum atomic E-state index is -0.249. The smallest absolute Gasteiger partial charge is 0.138 e. The molecule has 1 aromatic rings. The van der Waals surface area contributed by atoms with Crippen molar-refractivity contribution in [3.05, 3.63) is 27.7 Å². The van der Waals surface area contributed by atoms with Gasteiger partial charge in [-0.05, 0) is 13.1 Å². The van der Waals surface area contributed by atoms with Gasteiger partial charge in [0.25, 0.3) is 0 Å². The summed E-state index contributed by atoms with van der Waals surface area (Å²) in [6.07, 6.45) is -0.249. The fourth-order valence-corrected chi connectivity index (χ4v) is 1.76. The third kappa shape index (κ3) is 2.74. The van der Waals surface area contributed by atoms with Crippen LogP contribution in [0, 0.1) is 0 Å². The van der Waals surface area contributed by atoms with E-state index in [1.165, 1.54) is 7.11 Å². The fourth-order valence-electron chi connectivity index (χ4n) is 1.25. The Hall–Kier alpha value is -0.520. The molecule has 0 fully saturated rings. The summed E-state index contributed by atoms with van der Waals surface area (Å²) in [7, 11) is 3.30. The Labute approximate surface area is 98.7 Å². The molecule has 1 aromatic carbocycles. The Morgan fingerprint density at radius 1 is 1.33 bits per heavy atom. The second-order valence-corrected chi connectivity index (χ2v) is 3.71. The molecule has 0 aliphatic rings. The van der Waals surface area contributed by atoms with E-state index in [2.05, 4.69) is 10.7 Å². The molecular formula is C9H13Cl2N3O. The SMILES string of the molecule is CNC(NN)c1cc(Cl)c(OC)cc1Cl. The normalized spacial score (nSPS) is 12.6. The highest BCUT2D eigenvalue weighted by Crippen LogP contribution is 2.32. The first-order valence-corrected chi connectivity index (χ1v) is 5.06. The Bertz CT molecular complexity index is 342.